The average molecular weight is 1620 g/mol. The van der Waals surface area contributed by atoms with Crippen molar-refractivity contribution in [3.63, 3.8) is 0 Å². The van der Waals surface area contributed by atoms with Gasteiger partial charge in [0.1, 0.15) is 107 Å². The maximum Gasteiger partial charge on any atom is 0.444 e. The minimum absolute atomic E-state index is 0.0657. The molecular formula is C84H84N4O18P6. The zero-order chi connectivity index (χ0) is 77.6. The maximum absolute atomic E-state index is 16.1. The molecule has 12 aromatic rings. The minimum atomic E-state index is -4.50. The Kier molecular flexibility index (Phi) is 29.0. The average Bonchev–Trinajstić information content (AvgIpc) is 0.853. The maximum atomic E-state index is 16.1. The lowest BCUT2D eigenvalue weighted by Gasteiger charge is -2.35. The molecule has 0 aliphatic carbocycles. The summed E-state index contributed by atoms with van der Waals surface area (Å²) in [4.78, 5) is 6.77. The Morgan fingerprint density at radius 2 is 0.232 bits per heavy atom. The van der Waals surface area contributed by atoms with Crippen molar-refractivity contribution < 1.29 is 81.7 Å². The van der Waals surface area contributed by atoms with Gasteiger partial charge < -0.3 is 54.3 Å². The first-order chi connectivity index (χ1) is 54.5. The van der Waals surface area contributed by atoms with E-state index in [0.717, 1.165) is 0 Å². The quantitative estimate of drug-likeness (QED) is 0.0323. The van der Waals surface area contributed by atoms with Gasteiger partial charge in [-0.25, -0.2) is 27.4 Å². The smallest absolute Gasteiger partial charge is 0.415 e. The van der Waals surface area contributed by atoms with Crippen LogP contribution in [-0.4, -0.2) is 96.6 Å². The molecule has 0 saturated carbocycles. The summed E-state index contributed by atoms with van der Waals surface area (Å²) in [5, 5.41) is 0. The molecule has 12 aromatic carbocycles. The highest BCUT2D eigenvalue weighted by atomic mass is 31.2. The summed E-state index contributed by atoms with van der Waals surface area (Å²) in [6.45, 7) is -0.657. The van der Waals surface area contributed by atoms with Crippen LogP contribution in [0.1, 0.15) is 0 Å². The van der Waals surface area contributed by atoms with E-state index in [9.17, 15) is 0 Å². The molecular weight excluding hydrogens is 1540 g/mol. The second-order valence-electron chi connectivity index (χ2n) is 25.4. The van der Waals surface area contributed by atoms with Crippen molar-refractivity contribution in [1.29, 1.82) is 0 Å². The van der Waals surface area contributed by atoms with E-state index < -0.39 is 83.3 Å². The van der Waals surface area contributed by atoms with Crippen molar-refractivity contribution in [3.05, 3.63) is 364 Å². The van der Waals surface area contributed by atoms with Crippen LogP contribution in [0.5, 0.6) is 69.0 Å². The normalized spacial score (nSPS) is 12.0. The second kappa shape index (κ2) is 40.1. The molecule has 0 spiro atoms. The molecule has 0 aromatic heterocycles. The number of hydrogen-bond donors (Lipinski definition) is 0. The van der Waals surface area contributed by atoms with Gasteiger partial charge in [-0.05, 0) is 146 Å². The molecule has 0 unspecified atom stereocenters. The number of para-hydroxylation sites is 12. The largest absolute Gasteiger partial charge is 0.444 e. The molecule has 0 bridgehead atoms. The Bertz CT molecular complexity index is 4000. The molecule has 0 fully saturated rings. The summed E-state index contributed by atoms with van der Waals surface area (Å²) in [6.07, 6.45) is -3.31. The highest BCUT2D eigenvalue weighted by Gasteiger charge is 2.43. The number of nitrogens with zero attached hydrogens (tertiary/aromatic N) is 4. The first kappa shape index (κ1) is 81.0. The van der Waals surface area contributed by atoms with E-state index in [0.29, 0.717) is 0 Å². The Hall–Kier alpha value is -10.5. The van der Waals surface area contributed by atoms with Crippen LogP contribution in [0.15, 0.2) is 364 Å². The Morgan fingerprint density at radius 3 is 0.330 bits per heavy atom. The van der Waals surface area contributed by atoms with Gasteiger partial charge in [0.05, 0.1) is 0 Å². The molecule has 0 aliphatic heterocycles. The van der Waals surface area contributed by atoms with Crippen LogP contribution in [0.25, 0.3) is 0 Å². The van der Waals surface area contributed by atoms with Crippen molar-refractivity contribution in [2.45, 2.75) is 0 Å². The number of rotatable bonds is 45. The Morgan fingerprint density at radius 1 is 0.143 bits per heavy atom. The summed E-state index contributed by atoms with van der Waals surface area (Å²) < 4.78 is 174. The first-order valence-corrected chi connectivity index (χ1v) is 46.2. The van der Waals surface area contributed by atoms with E-state index in [2.05, 4.69) is 0 Å². The molecule has 0 amide bonds. The molecule has 0 atom stereocenters. The van der Waals surface area contributed by atoms with Crippen LogP contribution >= 0.6 is 45.6 Å². The summed E-state index contributed by atoms with van der Waals surface area (Å²) in [7, 11) is -27.0. The van der Waals surface area contributed by atoms with Crippen molar-refractivity contribution in [3.8, 4) is 69.0 Å². The molecule has 28 heteroatoms. The molecule has 578 valence electrons. The fourth-order valence-electron chi connectivity index (χ4n) is 11.4. The van der Waals surface area contributed by atoms with Gasteiger partial charge in [-0.15, -0.1) is 0 Å². The Balaban J connectivity index is 0.991. The van der Waals surface area contributed by atoms with Crippen molar-refractivity contribution in [2.24, 2.45) is 0 Å². The summed E-state index contributed by atoms with van der Waals surface area (Å²) in [5.41, 5.74) is 0. The molecule has 0 heterocycles. The van der Waals surface area contributed by atoms with Gasteiger partial charge in [-0.2, -0.15) is 0 Å². The Labute approximate surface area is 653 Å². The highest BCUT2D eigenvalue weighted by Crippen LogP contribution is 2.57. The minimum Gasteiger partial charge on any atom is -0.415 e. The molecule has 0 saturated heterocycles. The topological polar surface area (TPSA) is 226 Å². The third-order valence-electron chi connectivity index (χ3n) is 16.3. The fraction of sp³-hybridized carbons (Fsp3) is 0.143. The van der Waals surface area contributed by atoms with Gasteiger partial charge in [-0.1, -0.05) is 218 Å². The molecule has 0 N–H and O–H groups in total. The van der Waals surface area contributed by atoms with E-state index in [1.165, 1.54) is 0 Å². The molecule has 0 aliphatic rings. The van der Waals surface area contributed by atoms with Crippen LogP contribution < -0.4 is 54.3 Å². The van der Waals surface area contributed by atoms with E-state index in [1.54, 1.807) is 379 Å². The predicted octanol–water partition coefficient (Wildman–Crippen LogP) is 22.0. The first-order valence-electron chi connectivity index (χ1n) is 35.9. The summed E-state index contributed by atoms with van der Waals surface area (Å²) in [5.74, 6) is 2.47. The van der Waals surface area contributed by atoms with E-state index in [1.807, 2.05) is 4.90 Å². The standard InChI is InChI=1S/C84H84N4O18P6/c89-107(95-73-37-13-1-14-38-73,96-74-39-15-2-16-40-74)67-86(68-108(90,97-75-41-17-3-18-42-75)98-76-43-19-4-20-44-76)64-61-85(62-65-87(69-109(91,99-77-45-21-5-22-46-77)100-78-47-23-6-24-48-78)70-110(92,101-79-49-25-7-26-50-79)102-80-51-27-8-28-52-80)63-66-88(71-111(93,103-81-53-29-9-30-54-81)104-82-55-31-10-32-56-82)72-112(94,105-83-57-33-11-34-58-83)106-84-59-35-12-36-60-84/h1-60H,61-72H2. The lowest BCUT2D eigenvalue weighted by molar-refractivity contribution is 0.175. The van der Waals surface area contributed by atoms with Crippen molar-refractivity contribution >= 4 is 45.6 Å². The third-order valence-corrected chi connectivity index (χ3v) is 26.6. The van der Waals surface area contributed by atoms with Gasteiger partial charge >= 0.3 is 45.6 Å². The van der Waals surface area contributed by atoms with Crippen LogP contribution in [-0.2, 0) is 27.4 Å². The monoisotopic (exact) mass is 1620 g/mol. The van der Waals surface area contributed by atoms with Gasteiger partial charge in [-0.3, -0.25) is 19.6 Å². The molecule has 0 radical (unpaired) electrons. The SMILES string of the molecule is O=P(CN(CCN(CCN(CP(=O)(Oc1ccccc1)Oc1ccccc1)CP(=O)(Oc1ccccc1)Oc1ccccc1)CCN(CP(=O)(Oc1ccccc1)Oc1ccccc1)CP(=O)(Oc1ccccc1)Oc1ccccc1)CP(=O)(Oc1ccccc1)Oc1ccccc1)(Oc1ccccc1)Oc1ccccc1. The molecule has 12 rings (SSSR count). The predicted molar refractivity (Wildman–Crippen MR) is 436 cm³/mol. The van der Waals surface area contributed by atoms with E-state index in [-0.39, 0.29) is 108 Å². The zero-order valence-electron chi connectivity index (χ0n) is 60.9. The van der Waals surface area contributed by atoms with E-state index in [4.69, 9.17) is 54.3 Å². The van der Waals surface area contributed by atoms with Crippen molar-refractivity contribution in [1.82, 2.24) is 19.6 Å². The van der Waals surface area contributed by atoms with Crippen molar-refractivity contribution in [2.75, 3.05) is 77.0 Å². The van der Waals surface area contributed by atoms with Gasteiger partial charge in [0.25, 0.3) is 0 Å². The summed E-state index contributed by atoms with van der Waals surface area (Å²) in [6, 6.07) is 102. The number of hydrogen-bond acceptors (Lipinski definition) is 22. The molecule has 22 nitrogen and oxygen atoms in total. The van der Waals surface area contributed by atoms with Crippen LogP contribution in [0.2, 0.25) is 0 Å². The van der Waals surface area contributed by atoms with E-state index >= 15 is 27.4 Å². The van der Waals surface area contributed by atoms with Gasteiger partial charge in [0, 0.05) is 39.3 Å². The van der Waals surface area contributed by atoms with Crippen LogP contribution in [0, 0.1) is 0 Å². The lowest BCUT2D eigenvalue weighted by atomic mass is 10.3. The second-order valence-corrected chi connectivity index (χ2v) is 36.6. The fourth-order valence-corrected chi connectivity index (χ4v) is 22.5. The number of benzene rings is 12. The third kappa shape index (κ3) is 26.6. The lowest BCUT2D eigenvalue weighted by Crippen LogP contribution is -2.45. The van der Waals surface area contributed by atoms with Crippen LogP contribution in [0.3, 0.4) is 0 Å². The highest BCUT2D eigenvalue weighted by molar-refractivity contribution is 7.56. The van der Waals surface area contributed by atoms with Gasteiger partial charge in [0.2, 0.25) is 0 Å². The van der Waals surface area contributed by atoms with Gasteiger partial charge in [0.15, 0.2) is 0 Å². The summed E-state index contributed by atoms with van der Waals surface area (Å²) >= 11 is 0. The molecule has 112 heavy (non-hydrogen) atoms. The zero-order valence-corrected chi connectivity index (χ0v) is 66.3. The van der Waals surface area contributed by atoms with Crippen LogP contribution in [0.4, 0.5) is 0 Å².